The minimum atomic E-state index is -0.127. The Labute approximate surface area is 168 Å². The third kappa shape index (κ3) is 8.94. The summed E-state index contributed by atoms with van der Waals surface area (Å²) in [6.45, 7) is 10.3. The number of rotatable bonds is 8. The van der Waals surface area contributed by atoms with Crippen LogP contribution in [-0.2, 0) is 0 Å². The Balaban J connectivity index is 0.00000576. The zero-order valence-corrected chi connectivity index (χ0v) is 18.1. The van der Waals surface area contributed by atoms with Gasteiger partial charge in [0.25, 0.3) is 5.91 Å². The first-order valence-electron chi connectivity index (χ1n) is 8.45. The molecule has 25 heavy (non-hydrogen) atoms. The fourth-order valence-corrected chi connectivity index (χ4v) is 1.91. The molecule has 6 nitrogen and oxygen atoms in total. The third-order valence-corrected chi connectivity index (χ3v) is 3.71. The predicted octanol–water partition coefficient (Wildman–Crippen LogP) is 2.64. The maximum Gasteiger partial charge on any atom is 0.251 e. The van der Waals surface area contributed by atoms with Crippen molar-refractivity contribution in [2.45, 2.75) is 33.7 Å². The summed E-state index contributed by atoms with van der Waals surface area (Å²) >= 11 is 0. The number of nitrogens with zero attached hydrogens (tertiary/aromatic N) is 1. The average Bonchev–Trinajstić information content (AvgIpc) is 2.58. The van der Waals surface area contributed by atoms with Gasteiger partial charge in [0.05, 0.1) is 13.7 Å². The fourth-order valence-electron chi connectivity index (χ4n) is 1.91. The van der Waals surface area contributed by atoms with Crippen molar-refractivity contribution in [3.8, 4) is 5.75 Å². The van der Waals surface area contributed by atoms with Crippen molar-refractivity contribution >= 4 is 35.8 Å². The lowest BCUT2D eigenvalue weighted by Gasteiger charge is -2.20. The van der Waals surface area contributed by atoms with Crippen LogP contribution in [0.1, 0.15) is 38.1 Å². The SMILES string of the molecule is CCNC(=NCCNC(=O)c1cccc(OC)c1)NC(C)C(C)C.I. The Hall–Kier alpha value is -1.51. The first kappa shape index (κ1) is 23.5. The molecule has 0 bridgehead atoms. The standard InChI is InChI=1S/C18H30N4O2.HI/c1-6-19-18(22-14(4)13(2)3)21-11-10-20-17(23)15-8-7-9-16(12-15)24-5;/h7-9,12-14H,6,10-11H2,1-5H3,(H,20,23)(H2,19,21,22);1H. The van der Waals surface area contributed by atoms with Gasteiger partial charge in [0.1, 0.15) is 5.75 Å². The first-order chi connectivity index (χ1) is 11.5. The predicted molar refractivity (Wildman–Crippen MR) is 114 cm³/mol. The number of ether oxygens (including phenoxy) is 1. The Morgan fingerprint density at radius 3 is 2.56 bits per heavy atom. The minimum Gasteiger partial charge on any atom is -0.497 e. The van der Waals surface area contributed by atoms with E-state index in [2.05, 4.69) is 41.7 Å². The van der Waals surface area contributed by atoms with Gasteiger partial charge in [-0.15, -0.1) is 24.0 Å². The number of methoxy groups -OCH3 is 1. The number of carbonyl (C=O) groups excluding carboxylic acids is 1. The van der Waals surface area contributed by atoms with Gasteiger partial charge in [-0.05, 0) is 38.0 Å². The van der Waals surface area contributed by atoms with Crippen LogP contribution in [0.5, 0.6) is 5.75 Å². The van der Waals surface area contributed by atoms with Crippen molar-refractivity contribution in [1.82, 2.24) is 16.0 Å². The van der Waals surface area contributed by atoms with Crippen LogP contribution in [0.2, 0.25) is 0 Å². The van der Waals surface area contributed by atoms with Crippen LogP contribution in [0.15, 0.2) is 29.3 Å². The lowest BCUT2D eigenvalue weighted by Crippen LogP contribution is -2.44. The molecule has 0 saturated carbocycles. The van der Waals surface area contributed by atoms with Crippen molar-refractivity contribution < 1.29 is 9.53 Å². The Bertz CT molecular complexity index is 550. The molecule has 0 spiro atoms. The van der Waals surface area contributed by atoms with Crippen LogP contribution in [0, 0.1) is 5.92 Å². The van der Waals surface area contributed by atoms with E-state index in [0.717, 1.165) is 12.5 Å². The molecule has 1 atom stereocenters. The zero-order chi connectivity index (χ0) is 17.9. The summed E-state index contributed by atoms with van der Waals surface area (Å²) in [7, 11) is 1.58. The molecule has 0 radical (unpaired) electrons. The second-order valence-corrected chi connectivity index (χ2v) is 5.93. The Kier molecular flexibility index (Phi) is 12.0. The van der Waals surface area contributed by atoms with Crippen molar-refractivity contribution in [3.05, 3.63) is 29.8 Å². The van der Waals surface area contributed by atoms with Gasteiger partial charge < -0.3 is 20.7 Å². The molecular formula is C18H31IN4O2. The molecule has 0 aliphatic rings. The van der Waals surface area contributed by atoms with E-state index in [9.17, 15) is 4.79 Å². The van der Waals surface area contributed by atoms with Crippen LogP contribution in [0.25, 0.3) is 0 Å². The summed E-state index contributed by atoms with van der Waals surface area (Å²) in [5.41, 5.74) is 0.580. The molecule has 0 fully saturated rings. The summed E-state index contributed by atoms with van der Waals surface area (Å²) in [6, 6.07) is 7.41. The van der Waals surface area contributed by atoms with Gasteiger partial charge >= 0.3 is 0 Å². The monoisotopic (exact) mass is 462 g/mol. The molecular weight excluding hydrogens is 431 g/mol. The number of hydrogen-bond acceptors (Lipinski definition) is 3. The maximum atomic E-state index is 12.1. The number of hydrogen-bond donors (Lipinski definition) is 3. The molecule has 142 valence electrons. The zero-order valence-electron chi connectivity index (χ0n) is 15.8. The third-order valence-electron chi connectivity index (χ3n) is 3.71. The maximum absolute atomic E-state index is 12.1. The summed E-state index contributed by atoms with van der Waals surface area (Å²) in [5.74, 6) is 1.83. The van der Waals surface area contributed by atoms with Crippen LogP contribution >= 0.6 is 24.0 Å². The molecule has 1 aromatic carbocycles. The van der Waals surface area contributed by atoms with Crippen molar-refractivity contribution in [2.24, 2.45) is 10.9 Å². The number of carbonyl (C=O) groups is 1. The van der Waals surface area contributed by atoms with Gasteiger partial charge in [0.15, 0.2) is 5.96 Å². The highest BCUT2D eigenvalue weighted by Gasteiger charge is 2.09. The van der Waals surface area contributed by atoms with Crippen LogP contribution in [0.4, 0.5) is 0 Å². The number of guanidine groups is 1. The lowest BCUT2D eigenvalue weighted by atomic mass is 10.1. The number of benzene rings is 1. The molecule has 1 unspecified atom stereocenters. The number of aliphatic imine (C=N–C) groups is 1. The van der Waals surface area contributed by atoms with Gasteiger partial charge in [-0.1, -0.05) is 19.9 Å². The van der Waals surface area contributed by atoms with E-state index < -0.39 is 0 Å². The second-order valence-electron chi connectivity index (χ2n) is 5.93. The number of nitrogens with one attached hydrogen (secondary N) is 3. The van der Waals surface area contributed by atoms with E-state index in [0.29, 0.717) is 36.4 Å². The van der Waals surface area contributed by atoms with Crippen LogP contribution in [-0.4, -0.2) is 44.7 Å². The molecule has 1 amide bonds. The smallest absolute Gasteiger partial charge is 0.251 e. The van der Waals surface area contributed by atoms with Crippen molar-refractivity contribution in [2.75, 3.05) is 26.7 Å². The normalized spacial score (nSPS) is 12.2. The van der Waals surface area contributed by atoms with Gasteiger partial charge in [-0.2, -0.15) is 0 Å². The van der Waals surface area contributed by atoms with Gasteiger partial charge in [0.2, 0.25) is 0 Å². The lowest BCUT2D eigenvalue weighted by molar-refractivity contribution is 0.0954. The van der Waals surface area contributed by atoms with Crippen molar-refractivity contribution in [3.63, 3.8) is 0 Å². The van der Waals surface area contributed by atoms with Gasteiger partial charge in [-0.3, -0.25) is 9.79 Å². The molecule has 0 aliphatic carbocycles. The van der Waals surface area contributed by atoms with Gasteiger partial charge in [-0.25, -0.2) is 0 Å². The molecule has 0 heterocycles. The summed E-state index contributed by atoms with van der Waals surface area (Å²) in [6.07, 6.45) is 0. The van der Waals surface area contributed by atoms with Crippen LogP contribution in [0.3, 0.4) is 0 Å². The average molecular weight is 462 g/mol. The van der Waals surface area contributed by atoms with E-state index in [1.807, 2.05) is 13.0 Å². The topological polar surface area (TPSA) is 74.8 Å². The number of halogens is 1. The second kappa shape index (κ2) is 12.8. The Morgan fingerprint density at radius 1 is 1.24 bits per heavy atom. The Morgan fingerprint density at radius 2 is 1.96 bits per heavy atom. The van der Waals surface area contributed by atoms with Gasteiger partial charge in [0, 0.05) is 24.7 Å². The highest BCUT2D eigenvalue weighted by atomic mass is 127. The summed E-state index contributed by atoms with van der Waals surface area (Å²) < 4.78 is 5.13. The molecule has 1 rings (SSSR count). The highest BCUT2D eigenvalue weighted by molar-refractivity contribution is 14.0. The van der Waals surface area contributed by atoms with E-state index in [1.54, 1.807) is 25.3 Å². The summed E-state index contributed by atoms with van der Waals surface area (Å²) in [4.78, 5) is 16.6. The fraction of sp³-hybridized carbons (Fsp3) is 0.556. The molecule has 7 heteroatoms. The van der Waals surface area contributed by atoms with E-state index in [4.69, 9.17) is 4.74 Å². The quantitative estimate of drug-likeness (QED) is 0.240. The highest BCUT2D eigenvalue weighted by Crippen LogP contribution is 2.12. The molecule has 1 aromatic rings. The first-order valence-corrected chi connectivity index (χ1v) is 8.45. The van der Waals surface area contributed by atoms with E-state index in [-0.39, 0.29) is 29.9 Å². The molecule has 3 N–H and O–H groups in total. The molecule has 0 saturated heterocycles. The van der Waals surface area contributed by atoms with Crippen LogP contribution < -0.4 is 20.7 Å². The molecule has 0 aromatic heterocycles. The van der Waals surface area contributed by atoms with E-state index >= 15 is 0 Å². The van der Waals surface area contributed by atoms with Crippen molar-refractivity contribution in [1.29, 1.82) is 0 Å². The summed E-state index contributed by atoms with van der Waals surface area (Å²) in [5, 5.41) is 9.44. The minimum absolute atomic E-state index is 0. The molecule has 0 aliphatic heterocycles. The number of amides is 1. The van der Waals surface area contributed by atoms with E-state index in [1.165, 1.54) is 0 Å². The largest absolute Gasteiger partial charge is 0.497 e.